The van der Waals surface area contributed by atoms with Crippen molar-refractivity contribution in [2.24, 2.45) is 5.73 Å². The normalized spacial score (nSPS) is 15.1. The van der Waals surface area contributed by atoms with Gasteiger partial charge in [-0.2, -0.15) is 0 Å². The van der Waals surface area contributed by atoms with Crippen LogP contribution >= 0.6 is 0 Å². The maximum atomic E-state index is 11.3. The maximum absolute atomic E-state index is 11.3. The molecule has 0 amide bonds. The number of rotatable bonds is 6. The molecule has 3 N–H and O–H groups in total. The highest BCUT2D eigenvalue weighted by Crippen LogP contribution is 2.41. The second-order valence-corrected chi connectivity index (χ2v) is 5.49. The minimum Gasteiger partial charge on any atom is -0.481 e. The average Bonchev–Trinajstić information content (AvgIpc) is 2.27. The third-order valence-corrected chi connectivity index (χ3v) is 3.69. The van der Waals surface area contributed by atoms with Gasteiger partial charge in [-0.25, -0.2) is 0 Å². The molecule has 0 spiro atoms. The summed E-state index contributed by atoms with van der Waals surface area (Å²) in [5.41, 5.74) is 6.23. The number of carboxylic acid groups (broad SMARTS) is 1. The zero-order valence-electron chi connectivity index (χ0n) is 11.4. The van der Waals surface area contributed by atoms with E-state index >= 15 is 0 Å². The van der Waals surface area contributed by atoms with Crippen molar-refractivity contribution in [3.05, 3.63) is 35.9 Å². The molecule has 0 aliphatic carbocycles. The van der Waals surface area contributed by atoms with Gasteiger partial charge in [-0.15, -0.1) is 0 Å². The Hall–Kier alpha value is -1.35. The van der Waals surface area contributed by atoms with E-state index in [0.29, 0.717) is 0 Å². The van der Waals surface area contributed by atoms with Crippen molar-refractivity contribution in [1.82, 2.24) is 0 Å². The average molecular weight is 249 g/mol. The molecule has 1 aromatic carbocycles. The van der Waals surface area contributed by atoms with Gasteiger partial charge in [0.05, 0.1) is 6.42 Å². The summed E-state index contributed by atoms with van der Waals surface area (Å²) in [6.45, 7) is 5.89. The Morgan fingerprint density at radius 2 is 1.83 bits per heavy atom. The van der Waals surface area contributed by atoms with Crippen molar-refractivity contribution in [2.45, 2.75) is 51.0 Å². The molecule has 1 atom stereocenters. The summed E-state index contributed by atoms with van der Waals surface area (Å²) in [4.78, 5) is 11.3. The van der Waals surface area contributed by atoms with Gasteiger partial charge in [0.1, 0.15) is 0 Å². The molecule has 0 saturated heterocycles. The predicted molar refractivity (Wildman–Crippen MR) is 73.5 cm³/mol. The fourth-order valence-electron chi connectivity index (χ4n) is 2.70. The van der Waals surface area contributed by atoms with Gasteiger partial charge >= 0.3 is 5.97 Å². The van der Waals surface area contributed by atoms with Crippen LogP contribution in [0.25, 0.3) is 0 Å². The lowest BCUT2D eigenvalue weighted by atomic mass is 9.63. The summed E-state index contributed by atoms with van der Waals surface area (Å²) in [6.07, 6.45) is 1.74. The molecule has 0 radical (unpaired) electrons. The van der Waals surface area contributed by atoms with Crippen molar-refractivity contribution < 1.29 is 9.90 Å². The molecule has 1 aromatic rings. The van der Waals surface area contributed by atoms with E-state index in [9.17, 15) is 9.90 Å². The molecule has 100 valence electrons. The van der Waals surface area contributed by atoms with Crippen LogP contribution in [0.5, 0.6) is 0 Å². The van der Waals surface area contributed by atoms with Gasteiger partial charge in [0.15, 0.2) is 0 Å². The number of aliphatic carboxylic acids is 1. The van der Waals surface area contributed by atoms with E-state index in [1.54, 1.807) is 0 Å². The van der Waals surface area contributed by atoms with Gasteiger partial charge in [-0.1, -0.05) is 43.7 Å². The van der Waals surface area contributed by atoms with Gasteiger partial charge in [-0.3, -0.25) is 4.79 Å². The highest BCUT2D eigenvalue weighted by molar-refractivity contribution is 5.69. The second kappa shape index (κ2) is 5.53. The fraction of sp³-hybridized carbons (Fsp3) is 0.533. The Labute approximate surface area is 109 Å². The smallest absolute Gasteiger partial charge is 0.304 e. The van der Waals surface area contributed by atoms with Gasteiger partial charge < -0.3 is 10.8 Å². The van der Waals surface area contributed by atoms with Crippen LogP contribution in [0.3, 0.4) is 0 Å². The lowest BCUT2D eigenvalue weighted by Crippen LogP contribution is -2.55. The summed E-state index contributed by atoms with van der Waals surface area (Å²) < 4.78 is 0. The van der Waals surface area contributed by atoms with Gasteiger partial charge in [0.25, 0.3) is 0 Å². The zero-order chi connectivity index (χ0) is 13.8. The highest BCUT2D eigenvalue weighted by Gasteiger charge is 2.44. The monoisotopic (exact) mass is 249 g/mol. The standard InChI is InChI=1S/C15H23NO2/c1-4-10-15(11-13(17)18,14(2,3)16)12-8-6-5-7-9-12/h5-9H,4,10-11,16H2,1-3H3,(H,17,18). The van der Waals surface area contributed by atoms with Gasteiger partial charge in [0, 0.05) is 11.0 Å². The summed E-state index contributed by atoms with van der Waals surface area (Å²) in [6, 6.07) is 9.77. The van der Waals surface area contributed by atoms with E-state index in [-0.39, 0.29) is 6.42 Å². The lowest BCUT2D eigenvalue weighted by molar-refractivity contribution is -0.139. The minimum atomic E-state index is -0.800. The van der Waals surface area contributed by atoms with Crippen LogP contribution in [0, 0.1) is 0 Å². The molecule has 0 bridgehead atoms. The summed E-state index contributed by atoms with van der Waals surface area (Å²) in [5.74, 6) is -0.800. The fourth-order valence-corrected chi connectivity index (χ4v) is 2.70. The van der Waals surface area contributed by atoms with Crippen LogP contribution in [-0.4, -0.2) is 16.6 Å². The van der Waals surface area contributed by atoms with E-state index in [2.05, 4.69) is 6.92 Å². The summed E-state index contributed by atoms with van der Waals surface area (Å²) >= 11 is 0. The van der Waals surface area contributed by atoms with Crippen molar-refractivity contribution in [2.75, 3.05) is 0 Å². The molecule has 0 aromatic heterocycles. The molecule has 0 fully saturated rings. The maximum Gasteiger partial charge on any atom is 0.304 e. The van der Waals surface area contributed by atoms with E-state index < -0.39 is 16.9 Å². The Balaban J connectivity index is 3.33. The molecule has 0 saturated carbocycles. The van der Waals surface area contributed by atoms with Crippen LogP contribution in [0.2, 0.25) is 0 Å². The Morgan fingerprint density at radius 1 is 1.28 bits per heavy atom. The van der Waals surface area contributed by atoms with Crippen LogP contribution in [0.4, 0.5) is 0 Å². The van der Waals surface area contributed by atoms with Crippen LogP contribution in [0.15, 0.2) is 30.3 Å². The summed E-state index contributed by atoms with van der Waals surface area (Å²) in [5, 5.41) is 9.24. The third kappa shape index (κ3) is 2.91. The van der Waals surface area contributed by atoms with E-state index in [1.165, 1.54) is 0 Å². The zero-order valence-corrected chi connectivity index (χ0v) is 11.4. The molecule has 0 aliphatic heterocycles. The molecule has 1 unspecified atom stereocenters. The molecule has 1 rings (SSSR count). The first-order valence-electron chi connectivity index (χ1n) is 6.39. The largest absolute Gasteiger partial charge is 0.481 e. The Bertz CT molecular complexity index is 395. The molecular formula is C15H23NO2. The van der Waals surface area contributed by atoms with Gasteiger partial charge in [-0.05, 0) is 25.8 Å². The van der Waals surface area contributed by atoms with E-state index in [0.717, 1.165) is 18.4 Å². The van der Waals surface area contributed by atoms with E-state index in [1.807, 2.05) is 44.2 Å². The first kappa shape index (κ1) is 14.7. The SMILES string of the molecule is CCCC(CC(=O)O)(c1ccccc1)C(C)(C)N. The number of carboxylic acids is 1. The number of nitrogens with two attached hydrogens (primary N) is 1. The van der Waals surface area contributed by atoms with Gasteiger partial charge in [0.2, 0.25) is 0 Å². The number of benzene rings is 1. The number of hydrogen-bond acceptors (Lipinski definition) is 2. The van der Waals surface area contributed by atoms with Crippen molar-refractivity contribution in [1.29, 1.82) is 0 Å². The topological polar surface area (TPSA) is 63.3 Å². The number of hydrogen-bond donors (Lipinski definition) is 2. The molecule has 3 nitrogen and oxygen atoms in total. The second-order valence-electron chi connectivity index (χ2n) is 5.49. The van der Waals surface area contributed by atoms with Crippen molar-refractivity contribution in [3.63, 3.8) is 0 Å². The summed E-state index contributed by atoms with van der Waals surface area (Å²) in [7, 11) is 0. The Morgan fingerprint density at radius 3 is 2.22 bits per heavy atom. The molecule has 0 aliphatic rings. The van der Waals surface area contributed by atoms with Crippen molar-refractivity contribution >= 4 is 5.97 Å². The lowest BCUT2D eigenvalue weighted by Gasteiger charge is -2.44. The highest BCUT2D eigenvalue weighted by atomic mass is 16.4. The number of carbonyl (C=O) groups is 1. The quantitative estimate of drug-likeness (QED) is 0.814. The van der Waals surface area contributed by atoms with Crippen LogP contribution in [0.1, 0.15) is 45.6 Å². The third-order valence-electron chi connectivity index (χ3n) is 3.69. The molecular weight excluding hydrogens is 226 g/mol. The Kier molecular flexibility index (Phi) is 4.52. The minimum absolute atomic E-state index is 0.0638. The molecule has 18 heavy (non-hydrogen) atoms. The molecule has 0 heterocycles. The molecule has 3 heteroatoms. The van der Waals surface area contributed by atoms with Crippen LogP contribution < -0.4 is 5.73 Å². The van der Waals surface area contributed by atoms with Crippen LogP contribution in [-0.2, 0) is 10.2 Å². The van der Waals surface area contributed by atoms with Crippen molar-refractivity contribution in [3.8, 4) is 0 Å². The predicted octanol–water partition coefficient (Wildman–Crippen LogP) is 2.94. The first-order chi connectivity index (χ1) is 8.33. The van der Waals surface area contributed by atoms with E-state index in [4.69, 9.17) is 5.73 Å². The first-order valence-corrected chi connectivity index (χ1v) is 6.39.